The molecule has 0 aliphatic carbocycles. The van der Waals surface area contributed by atoms with Crippen LogP contribution in [0.4, 0.5) is 0 Å². The molecule has 0 aromatic carbocycles. The molecule has 0 heterocycles. The van der Waals surface area contributed by atoms with E-state index in [0.717, 1.165) is 12.4 Å². The summed E-state index contributed by atoms with van der Waals surface area (Å²) in [7, 11) is 0. The van der Waals surface area contributed by atoms with Crippen LogP contribution in [0.1, 0.15) is 13.3 Å². The van der Waals surface area contributed by atoms with Crippen LogP contribution in [0.3, 0.4) is 0 Å². The molecule has 0 amide bonds. The zero-order valence-corrected chi connectivity index (χ0v) is 6.22. The van der Waals surface area contributed by atoms with Gasteiger partial charge in [-0.1, -0.05) is 0 Å². The van der Waals surface area contributed by atoms with Crippen LogP contribution < -0.4 is 0 Å². The Kier molecular flexibility index (Phi) is 3.80. The molecular formula is C7H10N2O2. The maximum absolute atomic E-state index is 10.3. The molecule has 4 heteroatoms. The Bertz CT molecular complexity index is 218. The van der Waals surface area contributed by atoms with E-state index in [-0.39, 0.29) is 12.0 Å². The Labute approximate surface area is 64.6 Å². The Morgan fingerprint density at radius 3 is 2.36 bits per heavy atom. The molecular weight excluding hydrogens is 144 g/mol. The zero-order chi connectivity index (χ0) is 8.85. The zero-order valence-electron chi connectivity index (χ0n) is 6.22. The summed E-state index contributed by atoms with van der Waals surface area (Å²) in [4.78, 5) is 10.3. The first-order valence-electron chi connectivity index (χ1n) is 3.06. The van der Waals surface area contributed by atoms with Gasteiger partial charge in [0.25, 0.3) is 0 Å². The normalized spacial score (nSPS) is 11.7. The van der Waals surface area contributed by atoms with Crippen LogP contribution in [0.2, 0.25) is 0 Å². The quantitative estimate of drug-likeness (QED) is 0.418. The molecule has 0 saturated heterocycles. The highest BCUT2D eigenvalue weighted by Gasteiger charge is 2.05. The fraction of sp³-hybridized carbons (Fsp3) is 0.286. The fourth-order valence-electron chi connectivity index (χ4n) is 0.568. The van der Waals surface area contributed by atoms with E-state index in [0.29, 0.717) is 5.57 Å². The first kappa shape index (κ1) is 9.55. The van der Waals surface area contributed by atoms with Crippen LogP contribution in [-0.2, 0) is 4.79 Å². The summed E-state index contributed by atoms with van der Waals surface area (Å²) in [6.07, 6.45) is 2.25. The van der Waals surface area contributed by atoms with Crippen LogP contribution >= 0.6 is 0 Å². The van der Waals surface area contributed by atoms with E-state index in [9.17, 15) is 4.79 Å². The van der Waals surface area contributed by atoms with Gasteiger partial charge in [0.05, 0.1) is 0 Å². The van der Waals surface area contributed by atoms with Crippen molar-refractivity contribution in [2.45, 2.75) is 13.3 Å². The van der Waals surface area contributed by atoms with Crippen LogP contribution in [0, 0.1) is 10.8 Å². The van der Waals surface area contributed by atoms with Gasteiger partial charge in [-0.2, -0.15) is 0 Å². The molecule has 0 aromatic rings. The van der Waals surface area contributed by atoms with Gasteiger partial charge < -0.3 is 15.9 Å². The number of carboxylic acids is 1. The van der Waals surface area contributed by atoms with Gasteiger partial charge in [-0.15, -0.1) is 0 Å². The lowest BCUT2D eigenvalue weighted by Gasteiger charge is -1.98. The van der Waals surface area contributed by atoms with E-state index in [1.165, 1.54) is 6.92 Å². The Morgan fingerprint density at radius 2 is 2.09 bits per heavy atom. The van der Waals surface area contributed by atoms with Crippen molar-refractivity contribution < 1.29 is 9.90 Å². The largest absolute Gasteiger partial charge is 0.478 e. The predicted molar refractivity (Wildman–Crippen MR) is 42.5 cm³/mol. The second-order valence-corrected chi connectivity index (χ2v) is 2.01. The molecule has 4 nitrogen and oxygen atoms in total. The fourth-order valence-corrected chi connectivity index (χ4v) is 0.568. The minimum absolute atomic E-state index is 0.128. The summed E-state index contributed by atoms with van der Waals surface area (Å²) >= 11 is 0. The van der Waals surface area contributed by atoms with Crippen molar-refractivity contribution in [2.75, 3.05) is 0 Å². The van der Waals surface area contributed by atoms with Gasteiger partial charge in [0.2, 0.25) is 0 Å². The smallest absolute Gasteiger partial charge is 0.331 e. The third-order valence-corrected chi connectivity index (χ3v) is 1.30. The average Bonchev–Trinajstić information content (AvgIpc) is 1.98. The van der Waals surface area contributed by atoms with Crippen LogP contribution in [-0.4, -0.2) is 23.5 Å². The topological polar surface area (TPSA) is 85.0 Å². The van der Waals surface area contributed by atoms with Crippen LogP contribution in [0.5, 0.6) is 0 Å². The van der Waals surface area contributed by atoms with Crippen molar-refractivity contribution in [3.63, 3.8) is 0 Å². The maximum atomic E-state index is 10.3. The summed E-state index contributed by atoms with van der Waals surface area (Å²) in [6.45, 7) is 1.42. The number of allylic oxidation sites excluding steroid dienone is 1. The number of rotatable bonds is 4. The lowest BCUT2D eigenvalue weighted by molar-refractivity contribution is -0.132. The SMILES string of the molecule is C/C(C(=O)O)=C(/C=N)CC=N. The standard InChI is InChI=1S/C7H10N2O2/c1-5(7(10)11)6(4-9)2-3-8/h3-4,8-9H,2H2,1H3,(H,10,11)/b6-5-,8-3?,9-4?. The molecule has 0 fully saturated rings. The summed E-state index contributed by atoms with van der Waals surface area (Å²) < 4.78 is 0. The Balaban J connectivity index is 4.66. The Hall–Kier alpha value is -1.45. The summed E-state index contributed by atoms with van der Waals surface area (Å²) in [5.41, 5.74) is 0.496. The van der Waals surface area contributed by atoms with Gasteiger partial charge in [-0.3, -0.25) is 0 Å². The summed E-state index contributed by atoms with van der Waals surface area (Å²) in [5, 5.41) is 22.0. The van der Waals surface area contributed by atoms with Crippen molar-refractivity contribution in [1.29, 1.82) is 10.8 Å². The molecule has 0 radical (unpaired) electrons. The number of carboxylic acid groups (broad SMARTS) is 1. The minimum atomic E-state index is -1.04. The van der Waals surface area contributed by atoms with Crippen molar-refractivity contribution >= 4 is 18.4 Å². The number of hydrogen-bond acceptors (Lipinski definition) is 3. The van der Waals surface area contributed by atoms with E-state index in [1.54, 1.807) is 0 Å². The van der Waals surface area contributed by atoms with Crippen molar-refractivity contribution in [3.8, 4) is 0 Å². The molecule has 0 atom stereocenters. The van der Waals surface area contributed by atoms with E-state index in [1.807, 2.05) is 0 Å². The van der Waals surface area contributed by atoms with Gasteiger partial charge in [-0.25, -0.2) is 4.79 Å². The average molecular weight is 154 g/mol. The highest BCUT2D eigenvalue weighted by molar-refractivity contribution is 5.95. The molecule has 11 heavy (non-hydrogen) atoms. The van der Waals surface area contributed by atoms with E-state index >= 15 is 0 Å². The van der Waals surface area contributed by atoms with Gasteiger partial charge in [0, 0.05) is 18.2 Å². The van der Waals surface area contributed by atoms with Crippen molar-refractivity contribution in [3.05, 3.63) is 11.1 Å². The third kappa shape index (κ3) is 2.75. The molecule has 0 aliphatic heterocycles. The van der Waals surface area contributed by atoms with Crippen LogP contribution in [0.25, 0.3) is 0 Å². The number of hydrogen-bond donors (Lipinski definition) is 3. The molecule has 0 unspecified atom stereocenters. The van der Waals surface area contributed by atoms with Crippen molar-refractivity contribution in [1.82, 2.24) is 0 Å². The second kappa shape index (κ2) is 4.38. The molecule has 0 saturated carbocycles. The summed E-state index contributed by atoms with van der Waals surface area (Å²) in [6, 6.07) is 0. The number of nitrogens with one attached hydrogen (secondary N) is 2. The first-order chi connectivity index (χ1) is 5.13. The van der Waals surface area contributed by atoms with E-state index < -0.39 is 5.97 Å². The Morgan fingerprint density at radius 1 is 1.55 bits per heavy atom. The predicted octanol–water partition coefficient (Wildman–Crippen LogP) is 1.08. The second-order valence-electron chi connectivity index (χ2n) is 2.01. The highest BCUT2D eigenvalue weighted by atomic mass is 16.4. The monoisotopic (exact) mass is 154 g/mol. The third-order valence-electron chi connectivity index (χ3n) is 1.30. The highest BCUT2D eigenvalue weighted by Crippen LogP contribution is 2.04. The summed E-state index contributed by atoms with van der Waals surface area (Å²) in [5.74, 6) is -1.04. The van der Waals surface area contributed by atoms with Gasteiger partial charge in [0.1, 0.15) is 0 Å². The van der Waals surface area contributed by atoms with Crippen molar-refractivity contribution in [2.24, 2.45) is 0 Å². The van der Waals surface area contributed by atoms with Crippen LogP contribution in [0.15, 0.2) is 11.1 Å². The number of aliphatic carboxylic acids is 1. The molecule has 0 rings (SSSR count). The maximum Gasteiger partial charge on any atom is 0.331 e. The molecule has 3 N–H and O–H groups in total. The van der Waals surface area contributed by atoms with Gasteiger partial charge in [-0.05, 0) is 18.7 Å². The number of carbonyl (C=O) groups is 1. The van der Waals surface area contributed by atoms with E-state index in [2.05, 4.69) is 0 Å². The first-order valence-corrected chi connectivity index (χ1v) is 3.06. The minimum Gasteiger partial charge on any atom is -0.478 e. The molecule has 60 valence electrons. The van der Waals surface area contributed by atoms with Gasteiger partial charge in [0.15, 0.2) is 0 Å². The van der Waals surface area contributed by atoms with Gasteiger partial charge >= 0.3 is 5.97 Å². The molecule has 0 bridgehead atoms. The lowest BCUT2D eigenvalue weighted by atomic mass is 10.1. The molecule has 0 aromatic heterocycles. The molecule has 0 aliphatic rings. The molecule has 0 spiro atoms. The van der Waals surface area contributed by atoms with E-state index in [4.69, 9.17) is 15.9 Å². The lowest BCUT2D eigenvalue weighted by Crippen LogP contribution is -2.02.